The highest BCUT2D eigenvalue weighted by Gasteiger charge is 2.64. The molecule has 2 atom stereocenters. The number of hydrogen-bond donors (Lipinski definition) is 2. The minimum atomic E-state index is -1.68. The van der Waals surface area contributed by atoms with Gasteiger partial charge in [-0.3, -0.25) is 9.59 Å². The number of benzene rings is 2. The normalized spacial score (nSPS) is 23.8. The van der Waals surface area contributed by atoms with Crippen molar-refractivity contribution >= 4 is 22.5 Å². The van der Waals surface area contributed by atoms with E-state index >= 15 is 0 Å². The quantitative estimate of drug-likeness (QED) is 0.561. The Morgan fingerprint density at radius 1 is 1.26 bits per heavy atom. The summed E-state index contributed by atoms with van der Waals surface area (Å²) >= 11 is 0. The molecule has 0 saturated heterocycles. The van der Waals surface area contributed by atoms with E-state index < -0.39 is 16.5 Å². The van der Waals surface area contributed by atoms with Crippen molar-refractivity contribution in [1.29, 1.82) is 5.26 Å². The molecule has 2 aromatic carbocycles. The average molecular weight is 467 g/mol. The largest absolute Gasteiger partial charge is 0.439 e. The second-order valence-electron chi connectivity index (χ2n) is 10.4. The van der Waals surface area contributed by atoms with E-state index in [1.54, 1.807) is 11.0 Å². The molecule has 2 unspecified atom stereocenters. The van der Waals surface area contributed by atoms with Gasteiger partial charge >= 0.3 is 0 Å². The van der Waals surface area contributed by atoms with Gasteiger partial charge in [0.05, 0.1) is 16.8 Å². The van der Waals surface area contributed by atoms with Crippen molar-refractivity contribution in [1.82, 2.24) is 4.98 Å². The van der Waals surface area contributed by atoms with Gasteiger partial charge in [-0.1, -0.05) is 38.1 Å². The van der Waals surface area contributed by atoms with Crippen molar-refractivity contribution in [2.45, 2.75) is 57.4 Å². The molecular weight excluding hydrogens is 440 g/mol. The fraction of sp³-hybridized carbons (Fsp3) is 0.321. The molecule has 0 saturated carbocycles. The number of nitrogens with one attached hydrogen (secondary N) is 1. The van der Waals surface area contributed by atoms with Crippen LogP contribution < -0.4 is 20.9 Å². The Kier molecular flexibility index (Phi) is 4.15. The number of nitrogens with zero attached hydrogens (tertiary/aromatic N) is 2. The van der Waals surface area contributed by atoms with Gasteiger partial charge in [-0.05, 0) is 55.9 Å². The van der Waals surface area contributed by atoms with Gasteiger partial charge in [0, 0.05) is 16.5 Å². The molecule has 3 aromatic rings. The Labute approximate surface area is 202 Å². The van der Waals surface area contributed by atoms with Crippen LogP contribution >= 0.6 is 0 Å². The number of nitriles is 1. The zero-order chi connectivity index (χ0) is 24.9. The van der Waals surface area contributed by atoms with Gasteiger partial charge in [0.25, 0.3) is 5.56 Å². The second kappa shape index (κ2) is 6.76. The smallest absolute Gasteiger partial charge is 0.257 e. The fourth-order valence-corrected chi connectivity index (χ4v) is 6.50. The first kappa shape index (κ1) is 21.5. The molecule has 4 heterocycles. The van der Waals surface area contributed by atoms with Crippen LogP contribution in [0.5, 0.6) is 5.75 Å². The molecule has 176 valence electrons. The van der Waals surface area contributed by atoms with Crippen molar-refractivity contribution in [3.8, 4) is 11.8 Å². The van der Waals surface area contributed by atoms with E-state index in [0.29, 0.717) is 16.5 Å². The van der Waals surface area contributed by atoms with E-state index in [1.807, 2.05) is 38.1 Å². The van der Waals surface area contributed by atoms with Crippen LogP contribution in [0.2, 0.25) is 0 Å². The second-order valence-corrected chi connectivity index (χ2v) is 10.4. The van der Waals surface area contributed by atoms with Gasteiger partial charge in [-0.25, -0.2) is 0 Å². The van der Waals surface area contributed by atoms with Gasteiger partial charge in [0.2, 0.25) is 11.8 Å². The number of rotatable bonds is 1. The van der Waals surface area contributed by atoms with Gasteiger partial charge in [-0.2, -0.15) is 5.26 Å². The topological polar surface area (TPSA) is 112 Å². The maximum Gasteiger partial charge on any atom is 0.257 e. The summed E-state index contributed by atoms with van der Waals surface area (Å²) in [6, 6.07) is 13.5. The Bertz CT molecular complexity index is 1610. The predicted octanol–water partition coefficient (Wildman–Crippen LogP) is 4.10. The van der Waals surface area contributed by atoms with E-state index in [9.17, 15) is 14.9 Å². The van der Waals surface area contributed by atoms with Crippen molar-refractivity contribution in [3.05, 3.63) is 80.5 Å². The summed E-state index contributed by atoms with van der Waals surface area (Å²) in [6.45, 7) is 8.29. The summed E-state index contributed by atoms with van der Waals surface area (Å²) < 4.78 is 5.97. The van der Waals surface area contributed by atoms with Crippen LogP contribution in [0.15, 0.2) is 52.6 Å². The zero-order valence-electron chi connectivity index (χ0n) is 20.2. The van der Waals surface area contributed by atoms with E-state index in [2.05, 4.69) is 31.0 Å². The van der Waals surface area contributed by atoms with Crippen LogP contribution in [-0.2, 0) is 16.6 Å². The lowest BCUT2D eigenvalue weighted by Crippen LogP contribution is -2.55. The number of carbonyl (C=O) groups excluding carboxylic acids is 1. The number of nitrogens with two attached hydrogens (primary N) is 1. The summed E-state index contributed by atoms with van der Waals surface area (Å²) in [5.41, 5.74) is 7.90. The van der Waals surface area contributed by atoms with E-state index in [0.717, 1.165) is 29.7 Å². The highest BCUT2D eigenvalue weighted by atomic mass is 16.5. The third-order valence-corrected chi connectivity index (χ3v) is 7.90. The van der Waals surface area contributed by atoms with Gasteiger partial charge in [0.1, 0.15) is 17.4 Å². The number of carbonyl (C=O) groups is 1. The van der Waals surface area contributed by atoms with Crippen molar-refractivity contribution in [2.75, 3.05) is 4.90 Å². The summed E-state index contributed by atoms with van der Waals surface area (Å²) in [5.74, 6) is -0.0461. The van der Waals surface area contributed by atoms with Crippen LogP contribution in [0, 0.1) is 11.3 Å². The number of amides is 1. The number of aromatic amines is 1. The van der Waals surface area contributed by atoms with Crippen LogP contribution in [0.3, 0.4) is 0 Å². The minimum absolute atomic E-state index is 0.0379. The molecule has 0 radical (unpaired) electrons. The molecule has 3 aliphatic heterocycles. The molecule has 7 heteroatoms. The number of H-pyrrole nitrogens is 1. The number of pyridine rings is 1. The molecule has 0 bridgehead atoms. The Hall–Kier alpha value is -4.05. The standard InChI is InChI=1S/C28H26N4O3/c1-5-15-10-17-14(2)12-27(3,4)32-22(17)18(11-15)28(26(32)34)19(13-29)24(30)35-23-16-8-6-7-9-20(16)31-25(33)21(23)28/h6-11,14H,5,12,30H2,1-4H3,(H,31,33). The molecule has 0 fully saturated rings. The first-order valence-corrected chi connectivity index (χ1v) is 11.9. The first-order valence-electron chi connectivity index (χ1n) is 11.9. The fourth-order valence-electron chi connectivity index (χ4n) is 6.50. The van der Waals surface area contributed by atoms with Crippen molar-refractivity contribution < 1.29 is 9.53 Å². The molecule has 1 aromatic heterocycles. The third kappa shape index (κ3) is 2.44. The summed E-state index contributed by atoms with van der Waals surface area (Å²) in [7, 11) is 0. The number of ether oxygens (including phenoxy) is 1. The summed E-state index contributed by atoms with van der Waals surface area (Å²) in [4.78, 5) is 33.2. The molecule has 0 aliphatic carbocycles. The number of aromatic nitrogens is 1. The number of hydrogen-bond acceptors (Lipinski definition) is 5. The SMILES string of the molecule is CCc1cc2c3c(c1)C1(C(=O)N3C(C)(C)CC2C)C(C#N)=C(N)Oc2c1c(=O)[nH]c1ccccc21. The number of fused-ring (bicyclic) bond motifs is 5. The molecule has 3 N–H and O–H groups in total. The van der Waals surface area contributed by atoms with Crippen molar-refractivity contribution in [2.24, 2.45) is 5.73 Å². The monoisotopic (exact) mass is 466 g/mol. The summed E-state index contributed by atoms with van der Waals surface area (Å²) in [5, 5.41) is 11.0. The van der Waals surface area contributed by atoms with Gasteiger partial charge in [-0.15, -0.1) is 0 Å². The van der Waals surface area contributed by atoms with Crippen LogP contribution in [0.25, 0.3) is 10.9 Å². The third-order valence-electron chi connectivity index (χ3n) is 7.90. The van der Waals surface area contributed by atoms with Crippen LogP contribution in [0.1, 0.15) is 62.3 Å². The lowest BCUT2D eigenvalue weighted by atomic mass is 9.68. The highest BCUT2D eigenvalue weighted by Crippen LogP contribution is 2.60. The predicted molar refractivity (Wildman–Crippen MR) is 133 cm³/mol. The minimum Gasteiger partial charge on any atom is -0.439 e. The Morgan fingerprint density at radius 2 is 2.00 bits per heavy atom. The Morgan fingerprint density at radius 3 is 2.71 bits per heavy atom. The number of para-hydroxylation sites is 1. The van der Waals surface area contributed by atoms with E-state index in [1.165, 1.54) is 0 Å². The lowest BCUT2D eigenvalue weighted by molar-refractivity contribution is -0.122. The lowest BCUT2D eigenvalue weighted by Gasteiger charge is -2.44. The Balaban J connectivity index is 1.86. The highest BCUT2D eigenvalue weighted by molar-refractivity contribution is 6.16. The van der Waals surface area contributed by atoms with Gasteiger partial charge < -0.3 is 20.4 Å². The zero-order valence-corrected chi connectivity index (χ0v) is 20.2. The number of aryl methyl sites for hydroxylation is 1. The van der Waals surface area contributed by atoms with E-state index in [-0.39, 0.29) is 34.6 Å². The van der Waals surface area contributed by atoms with Gasteiger partial charge in [0.15, 0.2) is 5.41 Å². The molecule has 1 spiro atoms. The number of anilines is 1. The molecular formula is C28H26N4O3. The van der Waals surface area contributed by atoms with Crippen LogP contribution in [-0.4, -0.2) is 16.4 Å². The molecule has 6 rings (SSSR count). The van der Waals surface area contributed by atoms with E-state index in [4.69, 9.17) is 10.5 Å². The average Bonchev–Trinajstić information content (AvgIpc) is 3.07. The van der Waals surface area contributed by atoms with Crippen LogP contribution in [0.4, 0.5) is 5.69 Å². The summed E-state index contributed by atoms with van der Waals surface area (Å²) in [6.07, 6.45) is 1.51. The molecule has 7 nitrogen and oxygen atoms in total. The maximum absolute atomic E-state index is 14.7. The molecule has 35 heavy (non-hydrogen) atoms. The molecule has 1 amide bonds. The maximum atomic E-state index is 14.7. The van der Waals surface area contributed by atoms with Crippen molar-refractivity contribution in [3.63, 3.8) is 0 Å². The first-order chi connectivity index (χ1) is 16.7. The molecule has 3 aliphatic rings.